The van der Waals surface area contributed by atoms with E-state index in [1.54, 1.807) is 6.92 Å². The average Bonchev–Trinajstić information content (AvgIpc) is 2.37. The van der Waals surface area contributed by atoms with Gasteiger partial charge in [-0.05, 0) is 37.0 Å². The molecule has 5 heteroatoms. The first-order chi connectivity index (χ1) is 9.61. The Hall–Kier alpha value is -2.04. The number of carbonyl (C=O) groups is 2. The number of hydrogen-bond acceptors (Lipinski definition) is 3. The summed E-state index contributed by atoms with van der Waals surface area (Å²) in [5.41, 5.74) is 6.36. The van der Waals surface area contributed by atoms with Crippen molar-refractivity contribution in [1.29, 1.82) is 0 Å². The molecule has 1 rings (SSSR count). The lowest BCUT2D eigenvalue weighted by molar-refractivity contribution is -0.131. The van der Waals surface area contributed by atoms with Crippen molar-refractivity contribution in [3.63, 3.8) is 0 Å². The second kappa shape index (κ2) is 6.61. The van der Waals surface area contributed by atoms with Crippen molar-refractivity contribution in [1.82, 2.24) is 5.32 Å². The lowest BCUT2D eigenvalue weighted by Crippen LogP contribution is -2.47. The van der Waals surface area contributed by atoms with E-state index in [1.165, 1.54) is 12.5 Å². The average molecular weight is 292 g/mol. The molecule has 116 valence electrons. The lowest BCUT2D eigenvalue weighted by Gasteiger charge is -2.20. The van der Waals surface area contributed by atoms with Crippen LogP contribution in [0, 0.1) is 0 Å². The van der Waals surface area contributed by atoms with Gasteiger partial charge in [-0.25, -0.2) is 0 Å². The first-order valence-electron chi connectivity index (χ1n) is 6.98. The molecule has 21 heavy (non-hydrogen) atoms. The van der Waals surface area contributed by atoms with E-state index in [0.29, 0.717) is 5.75 Å². The van der Waals surface area contributed by atoms with Crippen molar-refractivity contribution in [3.05, 3.63) is 29.8 Å². The van der Waals surface area contributed by atoms with Gasteiger partial charge in [0, 0.05) is 0 Å². The largest absolute Gasteiger partial charge is 0.481 e. The Morgan fingerprint density at radius 3 is 2.10 bits per heavy atom. The van der Waals surface area contributed by atoms with E-state index >= 15 is 0 Å². The maximum atomic E-state index is 11.8. The van der Waals surface area contributed by atoms with E-state index in [4.69, 9.17) is 10.5 Å². The molecule has 0 saturated carbocycles. The smallest absolute Gasteiger partial charge is 0.261 e. The molecule has 0 saturated heterocycles. The molecule has 0 aliphatic rings. The fourth-order valence-corrected chi connectivity index (χ4v) is 1.69. The van der Waals surface area contributed by atoms with Gasteiger partial charge < -0.3 is 15.8 Å². The summed E-state index contributed by atoms with van der Waals surface area (Å²) in [4.78, 5) is 22.8. The van der Waals surface area contributed by atoms with Crippen molar-refractivity contribution in [3.8, 4) is 5.75 Å². The van der Waals surface area contributed by atoms with Gasteiger partial charge in [-0.2, -0.15) is 0 Å². The molecule has 0 heterocycles. The summed E-state index contributed by atoms with van der Waals surface area (Å²) in [6.07, 6.45) is -0.702. The first kappa shape index (κ1) is 17.0. The van der Waals surface area contributed by atoms with Crippen LogP contribution in [-0.2, 0) is 15.0 Å². The molecule has 0 spiro atoms. The zero-order chi connectivity index (χ0) is 16.2. The predicted octanol–water partition coefficient (Wildman–Crippen LogP) is 1.74. The summed E-state index contributed by atoms with van der Waals surface area (Å²) < 4.78 is 5.56. The second-order valence-electron chi connectivity index (χ2n) is 6.17. The number of rotatable bonds is 5. The minimum absolute atomic E-state index is 0.0679. The Morgan fingerprint density at radius 2 is 1.67 bits per heavy atom. The van der Waals surface area contributed by atoms with E-state index in [1.807, 2.05) is 24.3 Å². The van der Waals surface area contributed by atoms with E-state index in [0.717, 1.165) is 0 Å². The van der Waals surface area contributed by atoms with Gasteiger partial charge in [0.25, 0.3) is 5.91 Å². The number of ether oxygens (including phenoxy) is 1. The van der Waals surface area contributed by atoms with Crippen LogP contribution in [0.5, 0.6) is 5.75 Å². The molecule has 0 aliphatic carbocycles. The van der Waals surface area contributed by atoms with Gasteiger partial charge in [-0.15, -0.1) is 0 Å². The van der Waals surface area contributed by atoms with E-state index < -0.39 is 18.1 Å². The van der Waals surface area contributed by atoms with Gasteiger partial charge in [0.2, 0.25) is 5.91 Å². The normalized spacial score (nSPS) is 14.1. The predicted molar refractivity (Wildman–Crippen MR) is 82.0 cm³/mol. The third-order valence-electron chi connectivity index (χ3n) is 3.19. The van der Waals surface area contributed by atoms with Gasteiger partial charge in [0.15, 0.2) is 6.10 Å². The molecule has 0 aromatic heterocycles. The summed E-state index contributed by atoms with van der Waals surface area (Å²) in [6, 6.07) is 6.91. The maximum absolute atomic E-state index is 11.8. The third-order valence-corrected chi connectivity index (χ3v) is 3.19. The quantitative estimate of drug-likeness (QED) is 0.867. The van der Waals surface area contributed by atoms with Crippen molar-refractivity contribution in [2.75, 3.05) is 0 Å². The second-order valence-corrected chi connectivity index (χ2v) is 6.17. The molecule has 2 atom stereocenters. The third kappa shape index (κ3) is 5.10. The number of hydrogen-bond donors (Lipinski definition) is 2. The molecule has 1 aromatic carbocycles. The van der Waals surface area contributed by atoms with E-state index in [-0.39, 0.29) is 11.3 Å². The molecule has 0 fully saturated rings. The number of benzene rings is 1. The first-order valence-corrected chi connectivity index (χ1v) is 6.98. The highest BCUT2D eigenvalue weighted by Crippen LogP contribution is 2.24. The van der Waals surface area contributed by atoms with Crippen LogP contribution in [0.25, 0.3) is 0 Å². The number of primary amides is 1. The standard InChI is InChI=1S/C16H24N2O3/c1-10(14(17)19)18-15(20)11(2)21-13-8-6-12(7-9-13)16(3,4)5/h6-11H,1-5H3,(H2,17,19)(H,18,20). The zero-order valence-corrected chi connectivity index (χ0v) is 13.3. The van der Waals surface area contributed by atoms with Gasteiger partial charge >= 0.3 is 0 Å². The molecule has 0 radical (unpaired) electrons. The molecule has 2 unspecified atom stereocenters. The summed E-state index contributed by atoms with van der Waals surface area (Å²) in [5, 5.41) is 2.50. The maximum Gasteiger partial charge on any atom is 0.261 e. The summed E-state index contributed by atoms with van der Waals surface area (Å²) >= 11 is 0. The Balaban J connectivity index is 2.64. The van der Waals surface area contributed by atoms with Gasteiger partial charge in [0.1, 0.15) is 11.8 Å². The molecule has 1 aromatic rings. The molecule has 2 amide bonds. The number of nitrogens with two attached hydrogens (primary N) is 1. The van der Waals surface area contributed by atoms with Crippen LogP contribution in [0.2, 0.25) is 0 Å². The summed E-state index contributed by atoms with van der Waals surface area (Å²) in [6.45, 7) is 9.55. The summed E-state index contributed by atoms with van der Waals surface area (Å²) in [5.74, 6) is -0.344. The number of carbonyl (C=O) groups excluding carboxylic acids is 2. The molecule has 3 N–H and O–H groups in total. The van der Waals surface area contributed by atoms with Crippen LogP contribution in [0.4, 0.5) is 0 Å². The van der Waals surface area contributed by atoms with Gasteiger partial charge in [-0.1, -0.05) is 32.9 Å². The number of amides is 2. The highest BCUT2D eigenvalue weighted by atomic mass is 16.5. The molecular weight excluding hydrogens is 268 g/mol. The SMILES string of the molecule is CC(NC(=O)C(C)Oc1ccc(C(C)(C)C)cc1)C(N)=O. The van der Waals surface area contributed by atoms with E-state index in [9.17, 15) is 9.59 Å². The molecular formula is C16H24N2O3. The van der Waals surface area contributed by atoms with Crippen LogP contribution in [0.15, 0.2) is 24.3 Å². The van der Waals surface area contributed by atoms with Crippen molar-refractivity contribution >= 4 is 11.8 Å². The highest BCUT2D eigenvalue weighted by molar-refractivity contribution is 5.88. The molecule has 5 nitrogen and oxygen atoms in total. The molecule has 0 bridgehead atoms. The Kier molecular flexibility index (Phi) is 5.35. The minimum Gasteiger partial charge on any atom is -0.481 e. The highest BCUT2D eigenvalue weighted by Gasteiger charge is 2.19. The minimum atomic E-state index is -0.716. The van der Waals surface area contributed by atoms with Crippen LogP contribution < -0.4 is 15.8 Å². The molecule has 0 aliphatic heterocycles. The van der Waals surface area contributed by atoms with Crippen LogP contribution >= 0.6 is 0 Å². The summed E-state index contributed by atoms with van der Waals surface area (Å²) in [7, 11) is 0. The monoisotopic (exact) mass is 292 g/mol. The van der Waals surface area contributed by atoms with Crippen LogP contribution in [0.3, 0.4) is 0 Å². The van der Waals surface area contributed by atoms with Crippen molar-refractivity contribution < 1.29 is 14.3 Å². The Labute approximate surface area is 125 Å². The van der Waals surface area contributed by atoms with Crippen molar-refractivity contribution in [2.24, 2.45) is 5.73 Å². The van der Waals surface area contributed by atoms with Gasteiger partial charge in [-0.3, -0.25) is 9.59 Å². The topological polar surface area (TPSA) is 81.4 Å². The van der Waals surface area contributed by atoms with Crippen LogP contribution in [-0.4, -0.2) is 24.0 Å². The van der Waals surface area contributed by atoms with Crippen molar-refractivity contribution in [2.45, 2.75) is 52.2 Å². The zero-order valence-electron chi connectivity index (χ0n) is 13.3. The Morgan fingerprint density at radius 1 is 1.14 bits per heavy atom. The number of nitrogens with one attached hydrogen (secondary N) is 1. The fourth-order valence-electron chi connectivity index (χ4n) is 1.69. The van der Waals surface area contributed by atoms with Gasteiger partial charge in [0.05, 0.1) is 0 Å². The fraction of sp³-hybridized carbons (Fsp3) is 0.500. The Bertz CT molecular complexity index is 503. The van der Waals surface area contributed by atoms with Crippen LogP contribution in [0.1, 0.15) is 40.2 Å². The lowest BCUT2D eigenvalue weighted by atomic mass is 9.87. The van der Waals surface area contributed by atoms with E-state index in [2.05, 4.69) is 26.1 Å².